The summed E-state index contributed by atoms with van der Waals surface area (Å²) in [6, 6.07) is 13.4. The summed E-state index contributed by atoms with van der Waals surface area (Å²) in [6.07, 6.45) is 1.41. The summed E-state index contributed by atoms with van der Waals surface area (Å²) in [5, 5.41) is 23.5. The first-order valence-electron chi connectivity index (χ1n) is 12.9. The van der Waals surface area contributed by atoms with Crippen LogP contribution < -0.4 is 11.6 Å². The Balaban J connectivity index is 2.28. The van der Waals surface area contributed by atoms with Crippen LogP contribution in [-0.2, 0) is 25.8 Å². The molecular weight excluding hydrogens is 520 g/mol. The maximum absolute atomic E-state index is 12.9. The largest absolute Gasteiger partial charge is 0.480 e. The normalized spacial score (nSPS) is 12.1. The van der Waals surface area contributed by atoms with Gasteiger partial charge in [-0.3, -0.25) is 9.59 Å². The average molecular weight is 557 g/mol. The van der Waals surface area contributed by atoms with Crippen LogP contribution in [0.15, 0.2) is 53.6 Å². The number of hydrogen-bond donors (Lipinski definition) is 3. The van der Waals surface area contributed by atoms with E-state index in [1.807, 2.05) is 31.2 Å². The second-order valence-corrected chi connectivity index (χ2v) is 9.43. The van der Waals surface area contributed by atoms with Crippen LogP contribution in [0.2, 0.25) is 0 Å². The van der Waals surface area contributed by atoms with E-state index in [4.69, 9.17) is 11.6 Å². The van der Waals surface area contributed by atoms with Gasteiger partial charge in [-0.15, -0.1) is 15.2 Å². The van der Waals surface area contributed by atoms with Gasteiger partial charge in [0, 0.05) is 18.5 Å². The SMILES string of the molecule is CCCCC(=O)N(Cc1ccc(-c2ccccc2/C(N)=N/N(N)C(=O)CCO[N+](=O)[O-])cc1)C(C(=O)O)C(C)C. The van der Waals surface area contributed by atoms with Gasteiger partial charge in [-0.1, -0.05) is 75.7 Å². The minimum atomic E-state index is -1.04. The Morgan fingerprint density at radius 3 is 2.30 bits per heavy atom. The summed E-state index contributed by atoms with van der Waals surface area (Å²) in [5.41, 5.74) is 8.84. The quantitative estimate of drug-likeness (QED) is 0.0738. The predicted molar refractivity (Wildman–Crippen MR) is 148 cm³/mol. The number of nitrogens with zero attached hydrogens (tertiary/aromatic N) is 4. The highest BCUT2D eigenvalue weighted by Crippen LogP contribution is 2.25. The highest BCUT2D eigenvalue weighted by Gasteiger charge is 2.32. The number of nitrogens with two attached hydrogens (primary N) is 2. The van der Waals surface area contributed by atoms with Gasteiger partial charge in [0.1, 0.15) is 12.6 Å². The van der Waals surface area contributed by atoms with E-state index in [0.717, 1.165) is 17.5 Å². The van der Waals surface area contributed by atoms with E-state index >= 15 is 0 Å². The molecule has 0 saturated heterocycles. The molecule has 2 rings (SSSR count). The van der Waals surface area contributed by atoms with Gasteiger partial charge in [0.2, 0.25) is 5.91 Å². The number of rotatable bonds is 15. The van der Waals surface area contributed by atoms with Crippen molar-refractivity contribution in [2.75, 3.05) is 6.61 Å². The van der Waals surface area contributed by atoms with Crippen molar-refractivity contribution < 1.29 is 29.4 Å². The first kappa shape index (κ1) is 31.7. The Morgan fingerprint density at radius 2 is 1.73 bits per heavy atom. The second kappa shape index (κ2) is 15.2. The van der Waals surface area contributed by atoms with Crippen LogP contribution in [0.25, 0.3) is 11.1 Å². The van der Waals surface area contributed by atoms with Gasteiger partial charge >= 0.3 is 5.97 Å². The number of amides is 2. The molecule has 2 aromatic rings. The Hall–Kier alpha value is -4.52. The lowest BCUT2D eigenvalue weighted by atomic mass is 9.97. The van der Waals surface area contributed by atoms with Gasteiger partial charge in [-0.2, -0.15) is 5.12 Å². The van der Waals surface area contributed by atoms with Crippen molar-refractivity contribution in [3.63, 3.8) is 0 Å². The maximum atomic E-state index is 12.9. The minimum absolute atomic E-state index is 0.0559. The molecule has 216 valence electrons. The molecule has 0 radical (unpaired) electrons. The number of hydrazone groups is 1. The average Bonchev–Trinajstić information content (AvgIpc) is 2.91. The fourth-order valence-electron chi connectivity index (χ4n) is 4.08. The summed E-state index contributed by atoms with van der Waals surface area (Å²) in [7, 11) is 0. The van der Waals surface area contributed by atoms with Gasteiger partial charge in [-0.25, -0.2) is 10.6 Å². The van der Waals surface area contributed by atoms with Crippen molar-refractivity contribution in [2.45, 2.75) is 59.0 Å². The van der Waals surface area contributed by atoms with Gasteiger partial charge < -0.3 is 20.6 Å². The molecule has 0 saturated carbocycles. The number of hydrogen-bond acceptors (Lipinski definition) is 8. The van der Waals surface area contributed by atoms with Crippen LogP contribution in [0.5, 0.6) is 0 Å². The summed E-state index contributed by atoms with van der Waals surface area (Å²) in [4.78, 5) is 52.8. The Labute approximate surface area is 232 Å². The lowest BCUT2D eigenvalue weighted by Gasteiger charge is -2.32. The second-order valence-electron chi connectivity index (χ2n) is 9.43. The standard InChI is InChI=1S/C27H36N6O7/c1-4-5-10-23(34)31(25(18(2)3)27(36)37)17-19-11-13-20(14-12-19)21-8-6-7-9-22(21)26(28)30-32(29)24(35)15-16-40-33(38)39/h6-9,11-14,18,25H,4-5,10,15-17,29H2,1-3H3,(H2,28,30)(H,36,37). The zero-order valence-electron chi connectivity index (χ0n) is 22.9. The van der Waals surface area contributed by atoms with Crippen LogP contribution >= 0.6 is 0 Å². The Morgan fingerprint density at radius 1 is 1.07 bits per heavy atom. The van der Waals surface area contributed by atoms with E-state index in [2.05, 4.69) is 9.94 Å². The number of carboxylic acid groups (broad SMARTS) is 1. The van der Waals surface area contributed by atoms with Crippen LogP contribution in [0.3, 0.4) is 0 Å². The van der Waals surface area contributed by atoms with Crippen LogP contribution in [0, 0.1) is 16.0 Å². The number of hydrazine groups is 1. The van der Waals surface area contributed by atoms with Crippen molar-refractivity contribution in [3.05, 3.63) is 69.8 Å². The van der Waals surface area contributed by atoms with Crippen LogP contribution in [-0.4, -0.2) is 56.5 Å². The smallest absolute Gasteiger partial charge is 0.326 e. The number of unbranched alkanes of at least 4 members (excludes halogenated alkanes) is 1. The summed E-state index contributed by atoms with van der Waals surface area (Å²) in [6.45, 7) is 5.21. The van der Waals surface area contributed by atoms with E-state index in [1.54, 1.807) is 38.1 Å². The molecule has 40 heavy (non-hydrogen) atoms. The molecule has 0 heterocycles. The van der Waals surface area contributed by atoms with E-state index in [9.17, 15) is 29.6 Å². The van der Waals surface area contributed by atoms with E-state index in [1.165, 1.54) is 4.90 Å². The van der Waals surface area contributed by atoms with Gasteiger partial charge in [0.15, 0.2) is 5.84 Å². The predicted octanol–water partition coefficient (Wildman–Crippen LogP) is 2.90. The van der Waals surface area contributed by atoms with E-state index in [0.29, 0.717) is 22.7 Å². The third kappa shape index (κ3) is 9.05. The molecule has 0 aliphatic rings. The molecule has 5 N–H and O–H groups in total. The molecule has 0 fully saturated rings. The topological polar surface area (TPSA) is 195 Å². The molecule has 1 unspecified atom stereocenters. The lowest BCUT2D eigenvalue weighted by Crippen LogP contribution is -2.47. The molecule has 13 nitrogen and oxygen atoms in total. The third-order valence-electron chi connectivity index (χ3n) is 6.09. The van der Waals surface area contributed by atoms with Crippen molar-refractivity contribution in [3.8, 4) is 11.1 Å². The van der Waals surface area contributed by atoms with Crippen LogP contribution in [0.1, 0.15) is 57.6 Å². The molecule has 0 aliphatic carbocycles. The highest BCUT2D eigenvalue weighted by molar-refractivity contribution is 6.03. The molecule has 13 heteroatoms. The number of aliphatic carboxylic acids is 1. The number of amidine groups is 1. The monoisotopic (exact) mass is 556 g/mol. The van der Waals surface area contributed by atoms with Gasteiger partial charge in [0.25, 0.3) is 11.0 Å². The van der Waals surface area contributed by atoms with Crippen molar-refractivity contribution in [1.29, 1.82) is 0 Å². The summed E-state index contributed by atoms with van der Waals surface area (Å²) < 4.78 is 0. The van der Waals surface area contributed by atoms with Crippen molar-refractivity contribution >= 4 is 23.6 Å². The molecule has 0 aliphatic heterocycles. The zero-order valence-corrected chi connectivity index (χ0v) is 22.9. The highest BCUT2D eigenvalue weighted by atomic mass is 16.9. The first-order valence-corrected chi connectivity index (χ1v) is 12.9. The third-order valence-corrected chi connectivity index (χ3v) is 6.09. The molecule has 2 aromatic carbocycles. The summed E-state index contributed by atoms with van der Waals surface area (Å²) in [5.74, 6) is 3.36. The molecule has 0 bridgehead atoms. The maximum Gasteiger partial charge on any atom is 0.326 e. The molecule has 2 amide bonds. The van der Waals surface area contributed by atoms with Crippen LogP contribution in [0.4, 0.5) is 0 Å². The summed E-state index contributed by atoms with van der Waals surface area (Å²) >= 11 is 0. The number of benzene rings is 2. The molecule has 1 atom stereocenters. The van der Waals surface area contributed by atoms with Gasteiger partial charge in [-0.05, 0) is 29.0 Å². The minimum Gasteiger partial charge on any atom is -0.480 e. The van der Waals surface area contributed by atoms with Gasteiger partial charge in [0.05, 0.1) is 6.42 Å². The molecule has 0 aromatic heterocycles. The van der Waals surface area contributed by atoms with E-state index in [-0.39, 0.29) is 37.0 Å². The fourth-order valence-corrected chi connectivity index (χ4v) is 4.08. The van der Waals surface area contributed by atoms with E-state index < -0.39 is 29.6 Å². The number of carboxylic acids is 1. The molecule has 0 spiro atoms. The first-order chi connectivity index (χ1) is 19.0. The Bertz CT molecular complexity index is 1220. The van der Waals surface area contributed by atoms with Crippen molar-refractivity contribution in [2.24, 2.45) is 22.6 Å². The number of carbonyl (C=O) groups is 3. The number of carbonyl (C=O) groups excluding carboxylic acids is 2. The van der Waals surface area contributed by atoms with Crippen molar-refractivity contribution in [1.82, 2.24) is 10.0 Å². The lowest BCUT2D eigenvalue weighted by molar-refractivity contribution is -0.757. The fraction of sp³-hybridized carbons (Fsp3) is 0.407. The Kier molecular flexibility index (Phi) is 12.0. The molecular formula is C27H36N6O7. The zero-order chi connectivity index (χ0) is 29.8.